The maximum Gasteiger partial charge on any atom is 0.337 e. The van der Waals surface area contributed by atoms with E-state index >= 15 is 0 Å². The number of imidazole rings is 2. The average molecular weight is 554 g/mol. The van der Waals surface area contributed by atoms with E-state index in [0.29, 0.717) is 12.2 Å². The standard InChI is InChI=1S/C35H31N5O2/c1-4-9-32-37-33-22(2)18-25(34-36-27-11-6-8-13-30(27)38(34)3)20-31(33)40(32)21-23-14-15-28-24(19-23)16-17-39(28)29-12-7-5-10-26(29)35(41)42/h5-8,10-20H,4,9,21H2,1-3H3,(H,41,42). The summed E-state index contributed by atoms with van der Waals surface area (Å²) < 4.78 is 6.45. The van der Waals surface area contributed by atoms with Crippen molar-refractivity contribution in [3.63, 3.8) is 0 Å². The monoisotopic (exact) mass is 553 g/mol. The summed E-state index contributed by atoms with van der Waals surface area (Å²) in [6, 6.07) is 28.2. The number of para-hydroxylation sites is 3. The molecule has 7 nitrogen and oxygen atoms in total. The number of nitrogens with zero attached hydrogens (tertiary/aromatic N) is 5. The maximum atomic E-state index is 11.9. The number of rotatable bonds is 7. The highest BCUT2D eigenvalue weighted by atomic mass is 16.4. The van der Waals surface area contributed by atoms with E-state index in [1.54, 1.807) is 12.1 Å². The number of carboxylic acid groups (broad SMARTS) is 1. The van der Waals surface area contributed by atoms with Crippen LogP contribution in [0.1, 0.15) is 40.7 Å². The lowest BCUT2D eigenvalue weighted by molar-refractivity contribution is 0.0697. The number of hydrogen-bond acceptors (Lipinski definition) is 3. The molecule has 4 aromatic carbocycles. The quantitative estimate of drug-likeness (QED) is 0.221. The fourth-order valence-electron chi connectivity index (χ4n) is 6.11. The third kappa shape index (κ3) is 4.16. The lowest BCUT2D eigenvalue weighted by Gasteiger charge is -2.12. The van der Waals surface area contributed by atoms with Gasteiger partial charge in [-0.1, -0.05) is 37.3 Å². The maximum absolute atomic E-state index is 11.9. The summed E-state index contributed by atoms with van der Waals surface area (Å²) in [6.07, 6.45) is 3.84. The van der Waals surface area contributed by atoms with Gasteiger partial charge in [0, 0.05) is 37.2 Å². The molecule has 0 aliphatic rings. The normalized spacial score (nSPS) is 11.7. The number of aryl methyl sites for hydroxylation is 3. The molecule has 7 heteroatoms. The topological polar surface area (TPSA) is 77.9 Å². The van der Waals surface area contributed by atoms with Crippen molar-refractivity contribution in [3.8, 4) is 17.1 Å². The first-order valence-electron chi connectivity index (χ1n) is 14.3. The number of benzene rings is 4. The molecular formula is C35H31N5O2. The van der Waals surface area contributed by atoms with Gasteiger partial charge in [0.25, 0.3) is 0 Å². The van der Waals surface area contributed by atoms with Gasteiger partial charge in [0.15, 0.2) is 0 Å². The molecule has 0 aliphatic carbocycles. The van der Waals surface area contributed by atoms with Gasteiger partial charge in [0.2, 0.25) is 0 Å². The summed E-state index contributed by atoms with van der Waals surface area (Å²) in [5, 5.41) is 10.8. The molecule has 42 heavy (non-hydrogen) atoms. The third-order valence-corrected chi connectivity index (χ3v) is 8.13. The molecule has 0 aliphatic heterocycles. The zero-order valence-corrected chi connectivity index (χ0v) is 23.9. The molecule has 0 fully saturated rings. The molecule has 0 saturated heterocycles. The van der Waals surface area contributed by atoms with Crippen LogP contribution in [-0.4, -0.2) is 34.7 Å². The van der Waals surface area contributed by atoms with E-state index in [1.807, 2.05) is 41.1 Å². The summed E-state index contributed by atoms with van der Waals surface area (Å²) >= 11 is 0. The molecule has 7 aromatic rings. The van der Waals surface area contributed by atoms with Gasteiger partial charge >= 0.3 is 5.97 Å². The summed E-state index contributed by atoms with van der Waals surface area (Å²) in [4.78, 5) is 21.9. The van der Waals surface area contributed by atoms with Crippen LogP contribution in [0.4, 0.5) is 0 Å². The molecule has 0 amide bonds. The van der Waals surface area contributed by atoms with Gasteiger partial charge in [-0.2, -0.15) is 0 Å². The van der Waals surface area contributed by atoms with Gasteiger partial charge in [0.1, 0.15) is 11.6 Å². The Balaban J connectivity index is 1.32. The zero-order valence-electron chi connectivity index (χ0n) is 23.9. The van der Waals surface area contributed by atoms with E-state index in [2.05, 4.69) is 72.5 Å². The zero-order chi connectivity index (χ0) is 29.0. The van der Waals surface area contributed by atoms with E-state index in [-0.39, 0.29) is 5.56 Å². The molecule has 3 heterocycles. The number of hydrogen-bond donors (Lipinski definition) is 1. The van der Waals surface area contributed by atoms with E-state index in [1.165, 1.54) is 0 Å². The van der Waals surface area contributed by atoms with Gasteiger partial charge in [0.05, 0.1) is 38.8 Å². The molecule has 0 radical (unpaired) electrons. The molecule has 0 atom stereocenters. The Kier molecular flexibility index (Phi) is 6.16. The van der Waals surface area contributed by atoms with Crippen molar-refractivity contribution < 1.29 is 9.90 Å². The minimum absolute atomic E-state index is 0.278. The van der Waals surface area contributed by atoms with Gasteiger partial charge in [-0.15, -0.1) is 0 Å². The minimum Gasteiger partial charge on any atom is -0.478 e. The average Bonchev–Trinajstić information content (AvgIpc) is 3.67. The van der Waals surface area contributed by atoms with Crippen LogP contribution in [-0.2, 0) is 20.0 Å². The SMILES string of the molecule is CCCc1nc2c(C)cc(-c3nc4ccccc4n3C)cc2n1Cc1ccc2c(ccn2-c2ccccc2C(=O)O)c1. The number of carboxylic acids is 1. The summed E-state index contributed by atoms with van der Waals surface area (Å²) in [7, 11) is 2.07. The van der Waals surface area contributed by atoms with Crippen LogP contribution in [0.2, 0.25) is 0 Å². The van der Waals surface area contributed by atoms with Crippen molar-refractivity contribution in [2.24, 2.45) is 7.05 Å². The highest BCUT2D eigenvalue weighted by molar-refractivity contribution is 5.94. The molecule has 0 unspecified atom stereocenters. The van der Waals surface area contributed by atoms with Crippen LogP contribution in [0.3, 0.4) is 0 Å². The van der Waals surface area contributed by atoms with Crippen LogP contribution >= 0.6 is 0 Å². The van der Waals surface area contributed by atoms with E-state index < -0.39 is 5.97 Å². The van der Waals surface area contributed by atoms with Crippen molar-refractivity contribution in [3.05, 3.63) is 114 Å². The van der Waals surface area contributed by atoms with Crippen molar-refractivity contribution in [2.75, 3.05) is 0 Å². The van der Waals surface area contributed by atoms with Crippen molar-refractivity contribution in [2.45, 2.75) is 33.2 Å². The van der Waals surface area contributed by atoms with E-state index in [0.717, 1.165) is 74.2 Å². The fraction of sp³-hybridized carbons (Fsp3) is 0.171. The lowest BCUT2D eigenvalue weighted by atomic mass is 10.1. The first-order valence-corrected chi connectivity index (χ1v) is 14.3. The van der Waals surface area contributed by atoms with Gasteiger partial charge in [-0.05, 0) is 79.1 Å². The van der Waals surface area contributed by atoms with Crippen molar-refractivity contribution >= 4 is 38.9 Å². The van der Waals surface area contributed by atoms with Crippen molar-refractivity contribution in [1.29, 1.82) is 0 Å². The Hall–Kier alpha value is -5.17. The predicted molar refractivity (Wildman–Crippen MR) is 168 cm³/mol. The number of fused-ring (bicyclic) bond motifs is 3. The highest BCUT2D eigenvalue weighted by Crippen LogP contribution is 2.31. The van der Waals surface area contributed by atoms with Gasteiger partial charge in [-0.3, -0.25) is 0 Å². The molecule has 1 N–H and O–H groups in total. The number of aromatic carboxylic acids is 1. The second kappa shape index (κ2) is 10.0. The molecular weight excluding hydrogens is 522 g/mol. The number of aromatic nitrogens is 5. The van der Waals surface area contributed by atoms with Crippen LogP contribution in [0, 0.1) is 6.92 Å². The third-order valence-electron chi connectivity index (χ3n) is 8.13. The molecule has 208 valence electrons. The molecule has 3 aromatic heterocycles. The van der Waals surface area contributed by atoms with Gasteiger partial charge < -0.3 is 18.8 Å². The fourth-order valence-corrected chi connectivity index (χ4v) is 6.11. The molecule has 0 spiro atoms. The molecule has 0 saturated carbocycles. The second-order valence-corrected chi connectivity index (χ2v) is 10.9. The molecule has 7 rings (SSSR count). The van der Waals surface area contributed by atoms with Crippen LogP contribution in [0.15, 0.2) is 91.1 Å². The highest BCUT2D eigenvalue weighted by Gasteiger charge is 2.18. The first-order chi connectivity index (χ1) is 20.4. The Labute approximate surface area is 243 Å². The Morgan fingerprint density at radius 3 is 2.50 bits per heavy atom. The summed E-state index contributed by atoms with van der Waals surface area (Å²) in [5.74, 6) is 1.08. The Morgan fingerprint density at radius 1 is 0.881 bits per heavy atom. The number of carbonyl (C=O) groups is 1. The molecule has 0 bridgehead atoms. The lowest BCUT2D eigenvalue weighted by Crippen LogP contribution is -2.06. The second-order valence-electron chi connectivity index (χ2n) is 10.9. The van der Waals surface area contributed by atoms with Gasteiger partial charge in [-0.25, -0.2) is 14.8 Å². The predicted octanol–water partition coefficient (Wildman–Crippen LogP) is 7.54. The van der Waals surface area contributed by atoms with E-state index in [4.69, 9.17) is 9.97 Å². The summed E-state index contributed by atoms with van der Waals surface area (Å²) in [5.41, 5.74) is 9.50. The van der Waals surface area contributed by atoms with E-state index in [9.17, 15) is 9.90 Å². The van der Waals surface area contributed by atoms with Crippen LogP contribution < -0.4 is 0 Å². The minimum atomic E-state index is -0.937. The van der Waals surface area contributed by atoms with Crippen molar-refractivity contribution in [1.82, 2.24) is 23.7 Å². The van der Waals surface area contributed by atoms with Crippen LogP contribution in [0.5, 0.6) is 0 Å². The Morgan fingerprint density at radius 2 is 1.69 bits per heavy atom. The largest absolute Gasteiger partial charge is 0.478 e. The Bertz CT molecular complexity index is 2150. The summed E-state index contributed by atoms with van der Waals surface area (Å²) in [6.45, 7) is 5.00. The first kappa shape index (κ1) is 25.8. The van der Waals surface area contributed by atoms with Crippen LogP contribution in [0.25, 0.3) is 50.0 Å². The smallest absolute Gasteiger partial charge is 0.337 e.